The maximum atomic E-state index is 12.1. The van der Waals surface area contributed by atoms with E-state index in [0.717, 1.165) is 23.9 Å². The first kappa shape index (κ1) is 11.7. The number of anilines is 1. The SMILES string of the molecule is Cc1nnc2n1CCN(C(=O)Nc1ccccc1)C2. The Balaban J connectivity index is 1.69. The van der Waals surface area contributed by atoms with Crippen LogP contribution in [0.25, 0.3) is 0 Å². The number of fused-ring (bicyclic) bond motifs is 1. The van der Waals surface area contributed by atoms with E-state index in [1.54, 1.807) is 4.90 Å². The standard InChI is InChI=1S/C13H15N5O/c1-10-15-16-12-9-17(7-8-18(10)12)13(19)14-11-5-3-2-4-6-11/h2-6H,7-9H2,1H3,(H,14,19). The average Bonchev–Trinajstić information content (AvgIpc) is 2.81. The van der Waals surface area contributed by atoms with E-state index in [2.05, 4.69) is 15.5 Å². The number of nitrogens with one attached hydrogen (secondary N) is 1. The van der Waals surface area contributed by atoms with Crippen molar-refractivity contribution in [2.45, 2.75) is 20.0 Å². The highest BCUT2D eigenvalue weighted by Gasteiger charge is 2.23. The van der Waals surface area contributed by atoms with Gasteiger partial charge >= 0.3 is 6.03 Å². The molecule has 0 atom stereocenters. The molecule has 6 heteroatoms. The monoisotopic (exact) mass is 257 g/mol. The van der Waals surface area contributed by atoms with Crippen LogP contribution < -0.4 is 5.32 Å². The molecule has 2 heterocycles. The van der Waals surface area contributed by atoms with Crippen LogP contribution in [0.2, 0.25) is 0 Å². The van der Waals surface area contributed by atoms with Gasteiger partial charge < -0.3 is 14.8 Å². The number of para-hydroxylation sites is 1. The van der Waals surface area contributed by atoms with E-state index < -0.39 is 0 Å². The van der Waals surface area contributed by atoms with Crippen LogP contribution in [0.1, 0.15) is 11.6 Å². The molecular formula is C13H15N5O. The van der Waals surface area contributed by atoms with Crippen LogP contribution in [-0.2, 0) is 13.1 Å². The Hall–Kier alpha value is -2.37. The van der Waals surface area contributed by atoms with Gasteiger partial charge in [-0.15, -0.1) is 10.2 Å². The van der Waals surface area contributed by atoms with Crippen molar-refractivity contribution in [3.8, 4) is 0 Å². The van der Waals surface area contributed by atoms with E-state index in [1.165, 1.54) is 0 Å². The van der Waals surface area contributed by atoms with Gasteiger partial charge in [-0.3, -0.25) is 0 Å². The van der Waals surface area contributed by atoms with Crippen molar-refractivity contribution in [2.75, 3.05) is 11.9 Å². The Morgan fingerprint density at radius 3 is 2.79 bits per heavy atom. The third-order valence-corrected chi connectivity index (χ3v) is 3.25. The first-order valence-electron chi connectivity index (χ1n) is 6.24. The normalized spacial score (nSPS) is 14.1. The van der Waals surface area contributed by atoms with Crippen molar-refractivity contribution in [3.05, 3.63) is 42.0 Å². The molecule has 2 aromatic rings. The predicted molar refractivity (Wildman–Crippen MR) is 70.6 cm³/mol. The van der Waals surface area contributed by atoms with Gasteiger partial charge in [-0.2, -0.15) is 0 Å². The van der Waals surface area contributed by atoms with Crippen molar-refractivity contribution in [3.63, 3.8) is 0 Å². The number of urea groups is 1. The fourth-order valence-electron chi connectivity index (χ4n) is 2.20. The Kier molecular flexibility index (Phi) is 2.91. The van der Waals surface area contributed by atoms with E-state index in [1.807, 2.05) is 41.8 Å². The van der Waals surface area contributed by atoms with Crippen LogP contribution in [0, 0.1) is 6.92 Å². The lowest BCUT2D eigenvalue weighted by Crippen LogP contribution is -2.41. The van der Waals surface area contributed by atoms with Crippen LogP contribution in [0.3, 0.4) is 0 Å². The zero-order valence-corrected chi connectivity index (χ0v) is 10.7. The van der Waals surface area contributed by atoms with E-state index in [4.69, 9.17) is 0 Å². The molecule has 0 spiro atoms. The van der Waals surface area contributed by atoms with E-state index in [-0.39, 0.29) is 6.03 Å². The van der Waals surface area contributed by atoms with Crippen molar-refractivity contribution >= 4 is 11.7 Å². The molecule has 6 nitrogen and oxygen atoms in total. The van der Waals surface area contributed by atoms with E-state index in [9.17, 15) is 4.79 Å². The topological polar surface area (TPSA) is 63.1 Å². The quantitative estimate of drug-likeness (QED) is 0.844. The molecule has 0 fully saturated rings. The molecule has 0 saturated heterocycles. The fraction of sp³-hybridized carbons (Fsp3) is 0.308. The zero-order chi connectivity index (χ0) is 13.2. The van der Waals surface area contributed by atoms with Gasteiger partial charge in [0.15, 0.2) is 5.82 Å². The van der Waals surface area contributed by atoms with Crippen molar-refractivity contribution < 1.29 is 4.79 Å². The number of amides is 2. The molecule has 0 unspecified atom stereocenters. The van der Waals surface area contributed by atoms with Crippen molar-refractivity contribution in [1.82, 2.24) is 19.7 Å². The van der Waals surface area contributed by atoms with Gasteiger partial charge in [0.2, 0.25) is 0 Å². The van der Waals surface area contributed by atoms with Crippen LogP contribution >= 0.6 is 0 Å². The first-order chi connectivity index (χ1) is 9.24. The average molecular weight is 257 g/mol. The highest BCUT2D eigenvalue weighted by Crippen LogP contribution is 2.14. The zero-order valence-electron chi connectivity index (χ0n) is 10.7. The second kappa shape index (κ2) is 4.72. The second-order valence-electron chi connectivity index (χ2n) is 4.53. The largest absolute Gasteiger partial charge is 0.322 e. The third-order valence-electron chi connectivity index (χ3n) is 3.25. The summed E-state index contributed by atoms with van der Waals surface area (Å²) < 4.78 is 2.05. The molecule has 0 radical (unpaired) electrons. The molecule has 19 heavy (non-hydrogen) atoms. The summed E-state index contributed by atoms with van der Waals surface area (Å²) in [6, 6.07) is 9.35. The lowest BCUT2D eigenvalue weighted by molar-refractivity contribution is 0.195. The number of benzene rings is 1. The number of carbonyl (C=O) groups is 1. The van der Waals surface area contributed by atoms with Gasteiger partial charge in [0.25, 0.3) is 0 Å². The summed E-state index contributed by atoms with van der Waals surface area (Å²) in [7, 11) is 0. The highest BCUT2D eigenvalue weighted by atomic mass is 16.2. The van der Waals surface area contributed by atoms with Crippen molar-refractivity contribution in [1.29, 1.82) is 0 Å². The summed E-state index contributed by atoms with van der Waals surface area (Å²) in [5.41, 5.74) is 0.802. The molecule has 2 amide bonds. The summed E-state index contributed by atoms with van der Waals surface area (Å²) in [5, 5.41) is 11.0. The van der Waals surface area contributed by atoms with Gasteiger partial charge in [-0.05, 0) is 19.1 Å². The molecule has 1 aliphatic heterocycles. The summed E-state index contributed by atoms with van der Waals surface area (Å²) in [5.74, 6) is 1.74. The summed E-state index contributed by atoms with van der Waals surface area (Å²) in [6.07, 6.45) is 0. The minimum atomic E-state index is -0.0990. The Labute approximate surface area is 111 Å². The number of aryl methyl sites for hydroxylation is 1. The molecule has 1 aromatic carbocycles. The first-order valence-corrected chi connectivity index (χ1v) is 6.24. The van der Waals surface area contributed by atoms with Crippen molar-refractivity contribution in [2.24, 2.45) is 0 Å². The lowest BCUT2D eigenvalue weighted by atomic mass is 10.3. The Morgan fingerprint density at radius 1 is 1.21 bits per heavy atom. The summed E-state index contributed by atoms with van der Waals surface area (Å²) in [6.45, 7) is 3.84. The molecule has 0 saturated carbocycles. The molecule has 3 rings (SSSR count). The number of nitrogens with zero attached hydrogens (tertiary/aromatic N) is 4. The van der Waals surface area contributed by atoms with E-state index >= 15 is 0 Å². The summed E-state index contributed by atoms with van der Waals surface area (Å²) >= 11 is 0. The highest BCUT2D eigenvalue weighted by molar-refractivity contribution is 5.89. The smallest absolute Gasteiger partial charge is 0.315 e. The Morgan fingerprint density at radius 2 is 2.00 bits per heavy atom. The maximum absolute atomic E-state index is 12.1. The molecule has 0 bridgehead atoms. The number of hydrogen-bond donors (Lipinski definition) is 1. The van der Waals surface area contributed by atoms with Crippen LogP contribution in [0.5, 0.6) is 0 Å². The molecule has 98 valence electrons. The number of rotatable bonds is 1. The molecular weight excluding hydrogens is 242 g/mol. The predicted octanol–water partition coefficient (Wildman–Crippen LogP) is 1.63. The van der Waals surface area contributed by atoms with Gasteiger partial charge in [-0.25, -0.2) is 4.79 Å². The van der Waals surface area contributed by atoms with Crippen LogP contribution in [0.4, 0.5) is 10.5 Å². The van der Waals surface area contributed by atoms with Gasteiger partial charge in [0, 0.05) is 18.8 Å². The van der Waals surface area contributed by atoms with Gasteiger partial charge in [0.1, 0.15) is 5.82 Å². The second-order valence-corrected chi connectivity index (χ2v) is 4.53. The molecule has 1 aromatic heterocycles. The minimum Gasteiger partial charge on any atom is -0.315 e. The minimum absolute atomic E-state index is 0.0990. The lowest BCUT2D eigenvalue weighted by Gasteiger charge is -2.27. The molecule has 1 N–H and O–H groups in total. The molecule has 0 aliphatic carbocycles. The van der Waals surface area contributed by atoms with Gasteiger partial charge in [-0.1, -0.05) is 18.2 Å². The maximum Gasteiger partial charge on any atom is 0.322 e. The van der Waals surface area contributed by atoms with Crippen LogP contribution in [0.15, 0.2) is 30.3 Å². The number of aromatic nitrogens is 3. The van der Waals surface area contributed by atoms with Crippen LogP contribution in [-0.4, -0.2) is 32.2 Å². The number of carbonyl (C=O) groups excluding carboxylic acids is 1. The van der Waals surface area contributed by atoms with E-state index in [0.29, 0.717) is 13.1 Å². The number of hydrogen-bond acceptors (Lipinski definition) is 3. The Bertz CT molecular complexity index is 592. The summed E-state index contributed by atoms with van der Waals surface area (Å²) in [4.78, 5) is 13.9. The molecule has 1 aliphatic rings. The fourth-order valence-corrected chi connectivity index (χ4v) is 2.20. The van der Waals surface area contributed by atoms with Gasteiger partial charge in [0.05, 0.1) is 6.54 Å². The third kappa shape index (κ3) is 2.29.